The Kier molecular flexibility index (Phi) is 4.02. The van der Waals surface area contributed by atoms with E-state index in [0.717, 1.165) is 31.9 Å². The number of likely N-dealkylation sites (tertiary alicyclic amines) is 1. The highest BCUT2D eigenvalue weighted by Gasteiger charge is 2.43. The van der Waals surface area contributed by atoms with Crippen molar-refractivity contribution >= 4 is 5.91 Å². The van der Waals surface area contributed by atoms with Crippen molar-refractivity contribution in [1.82, 2.24) is 19.8 Å². The Labute approximate surface area is 126 Å². The molecule has 1 N–H and O–H groups in total. The fourth-order valence-electron chi connectivity index (χ4n) is 3.31. The second-order valence-electron chi connectivity index (χ2n) is 6.86. The third-order valence-electron chi connectivity index (χ3n) is 5.14. The van der Waals surface area contributed by atoms with Gasteiger partial charge in [-0.2, -0.15) is 0 Å². The molecule has 3 rings (SSSR count). The first-order valence-corrected chi connectivity index (χ1v) is 8.03. The maximum atomic E-state index is 12.1. The fraction of sp³-hybridized carbons (Fsp3) is 0.750. The van der Waals surface area contributed by atoms with Gasteiger partial charge in [0.15, 0.2) is 0 Å². The first kappa shape index (κ1) is 14.6. The number of amides is 1. The highest BCUT2D eigenvalue weighted by molar-refractivity contribution is 5.76. The van der Waals surface area contributed by atoms with Crippen LogP contribution in [0.25, 0.3) is 0 Å². The van der Waals surface area contributed by atoms with E-state index in [-0.39, 0.29) is 11.3 Å². The lowest BCUT2D eigenvalue weighted by atomic mass is 10.1. The largest absolute Gasteiger partial charge is 0.355 e. The molecule has 1 saturated carbocycles. The molecule has 0 unspecified atom stereocenters. The van der Waals surface area contributed by atoms with Crippen molar-refractivity contribution in [3.8, 4) is 0 Å². The van der Waals surface area contributed by atoms with E-state index in [4.69, 9.17) is 0 Å². The molecule has 5 nitrogen and oxygen atoms in total. The van der Waals surface area contributed by atoms with Crippen LogP contribution in [-0.4, -0.2) is 46.5 Å². The zero-order chi connectivity index (χ0) is 14.9. The summed E-state index contributed by atoms with van der Waals surface area (Å²) in [6, 6.07) is 0.441. The number of aryl methyl sites for hydroxylation is 1. The number of nitrogens with one attached hydrogen (secondary N) is 1. The predicted molar refractivity (Wildman–Crippen MR) is 81.9 cm³/mol. The van der Waals surface area contributed by atoms with Crippen molar-refractivity contribution in [2.24, 2.45) is 5.41 Å². The quantitative estimate of drug-likeness (QED) is 0.865. The molecule has 116 valence electrons. The van der Waals surface area contributed by atoms with E-state index >= 15 is 0 Å². The molecule has 1 aromatic heterocycles. The van der Waals surface area contributed by atoms with E-state index < -0.39 is 0 Å². The average molecular weight is 290 g/mol. The molecule has 21 heavy (non-hydrogen) atoms. The minimum atomic E-state index is 0.211. The molecule has 2 fully saturated rings. The predicted octanol–water partition coefficient (Wildman–Crippen LogP) is 1.57. The number of hydrogen-bond donors (Lipinski definition) is 1. The van der Waals surface area contributed by atoms with Crippen LogP contribution in [0.3, 0.4) is 0 Å². The van der Waals surface area contributed by atoms with E-state index in [1.807, 2.05) is 19.3 Å². The average Bonchev–Trinajstić information content (AvgIpc) is 2.94. The smallest absolute Gasteiger partial charge is 0.221 e. The second kappa shape index (κ2) is 5.79. The molecule has 0 aromatic carbocycles. The Morgan fingerprint density at radius 2 is 2.33 bits per heavy atom. The van der Waals surface area contributed by atoms with Crippen molar-refractivity contribution in [2.75, 3.05) is 20.1 Å². The monoisotopic (exact) mass is 290 g/mol. The van der Waals surface area contributed by atoms with Crippen molar-refractivity contribution < 1.29 is 4.79 Å². The molecular formula is C16H26N4O. The molecule has 1 saturated heterocycles. The topological polar surface area (TPSA) is 50.2 Å². The van der Waals surface area contributed by atoms with E-state index in [0.29, 0.717) is 12.5 Å². The number of imidazole rings is 1. The molecule has 1 aliphatic carbocycles. The summed E-state index contributed by atoms with van der Waals surface area (Å²) in [5, 5.41) is 3.17. The second-order valence-corrected chi connectivity index (χ2v) is 6.86. The van der Waals surface area contributed by atoms with Crippen LogP contribution in [0.5, 0.6) is 0 Å². The summed E-state index contributed by atoms with van der Waals surface area (Å²) in [6.45, 7) is 4.94. The lowest BCUT2D eigenvalue weighted by Crippen LogP contribution is -2.36. The molecule has 0 bridgehead atoms. The zero-order valence-electron chi connectivity index (χ0n) is 13.1. The Bertz CT molecular complexity index is 506. The van der Waals surface area contributed by atoms with Crippen LogP contribution in [0.2, 0.25) is 0 Å². The van der Waals surface area contributed by atoms with Gasteiger partial charge in [-0.15, -0.1) is 0 Å². The molecule has 1 aliphatic heterocycles. The summed E-state index contributed by atoms with van der Waals surface area (Å²) in [5.41, 5.74) is 0.267. The van der Waals surface area contributed by atoms with Crippen LogP contribution >= 0.6 is 0 Å². The first-order valence-electron chi connectivity index (χ1n) is 8.03. The van der Waals surface area contributed by atoms with Crippen LogP contribution in [-0.2, 0) is 11.3 Å². The third-order valence-corrected chi connectivity index (χ3v) is 5.14. The van der Waals surface area contributed by atoms with E-state index in [2.05, 4.69) is 26.8 Å². The molecule has 0 radical (unpaired) electrons. The molecule has 1 amide bonds. The molecule has 2 aliphatic rings. The summed E-state index contributed by atoms with van der Waals surface area (Å²) >= 11 is 0. The summed E-state index contributed by atoms with van der Waals surface area (Å²) in [4.78, 5) is 18.7. The number of carbonyl (C=O) groups excluding carboxylic acids is 1. The van der Waals surface area contributed by atoms with Gasteiger partial charge in [0.1, 0.15) is 5.82 Å². The van der Waals surface area contributed by atoms with Crippen molar-refractivity contribution in [3.05, 3.63) is 18.2 Å². The zero-order valence-corrected chi connectivity index (χ0v) is 13.1. The van der Waals surface area contributed by atoms with Crippen LogP contribution in [0.1, 0.15) is 37.9 Å². The molecule has 1 aromatic rings. The van der Waals surface area contributed by atoms with Crippen LogP contribution < -0.4 is 5.32 Å². The highest BCUT2D eigenvalue weighted by Crippen LogP contribution is 2.46. The Morgan fingerprint density at radius 3 is 2.90 bits per heavy atom. The maximum absolute atomic E-state index is 12.1. The van der Waals surface area contributed by atoms with E-state index in [1.54, 1.807) is 0 Å². The third kappa shape index (κ3) is 3.46. The van der Waals surface area contributed by atoms with Gasteiger partial charge in [0, 0.05) is 43.4 Å². The van der Waals surface area contributed by atoms with Gasteiger partial charge >= 0.3 is 0 Å². The van der Waals surface area contributed by atoms with Gasteiger partial charge in [0.25, 0.3) is 0 Å². The van der Waals surface area contributed by atoms with Crippen LogP contribution in [0.4, 0.5) is 0 Å². The number of nitrogens with zero attached hydrogens (tertiary/aromatic N) is 3. The lowest BCUT2D eigenvalue weighted by Gasteiger charge is -2.21. The number of carbonyl (C=O) groups is 1. The van der Waals surface area contributed by atoms with Gasteiger partial charge in [-0.25, -0.2) is 4.98 Å². The van der Waals surface area contributed by atoms with Gasteiger partial charge in [-0.1, -0.05) is 0 Å². The number of hydrogen-bond acceptors (Lipinski definition) is 3. The van der Waals surface area contributed by atoms with E-state index in [9.17, 15) is 4.79 Å². The highest BCUT2D eigenvalue weighted by atomic mass is 16.1. The van der Waals surface area contributed by atoms with E-state index in [1.165, 1.54) is 19.3 Å². The molecule has 5 heteroatoms. The lowest BCUT2D eigenvalue weighted by molar-refractivity contribution is -0.122. The van der Waals surface area contributed by atoms with Crippen LogP contribution in [0, 0.1) is 12.3 Å². The minimum Gasteiger partial charge on any atom is -0.355 e. The fourth-order valence-corrected chi connectivity index (χ4v) is 3.31. The van der Waals surface area contributed by atoms with Crippen molar-refractivity contribution in [2.45, 2.75) is 51.6 Å². The van der Waals surface area contributed by atoms with Gasteiger partial charge in [-0.05, 0) is 46.2 Å². The summed E-state index contributed by atoms with van der Waals surface area (Å²) in [6.07, 6.45) is 9.31. The van der Waals surface area contributed by atoms with Gasteiger partial charge in [0.2, 0.25) is 5.91 Å². The molecule has 0 spiro atoms. The van der Waals surface area contributed by atoms with Gasteiger partial charge < -0.3 is 14.8 Å². The summed E-state index contributed by atoms with van der Waals surface area (Å²) < 4.78 is 2.20. The maximum Gasteiger partial charge on any atom is 0.221 e. The van der Waals surface area contributed by atoms with Crippen molar-refractivity contribution in [3.63, 3.8) is 0 Å². The van der Waals surface area contributed by atoms with Crippen LogP contribution in [0.15, 0.2) is 12.4 Å². The summed E-state index contributed by atoms with van der Waals surface area (Å²) in [5.74, 6) is 1.27. The number of rotatable bonds is 6. The normalized spacial score (nSPS) is 24.2. The Hall–Kier alpha value is -1.36. The molecule has 1 atom stereocenters. The molecular weight excluding hydrogens is 264 g/mol. The number of aromatic nitrogens is 2. The van der Waals surface area contributed by atoms with Gasteiger partial charge in [-0.3, -0.25) is 4.79 Å². The first-order chi connectivity index (χ1) is 10.1. The van der Waals surface area contributed by atoms with Gasteiger partial charge in [0.05, 0.1) is 0 Å². The summed E-state index contributed by atoms with van der Waals surface area (Å²) in [7, 11) is 2.12. The minimum absolute atomic E-state index is 0.211. The van der Waals surface area contributed by atoms with Crippen molar-refractivity contribution in [1.29, 1.82) is 0 Å². The Balaban J connectivity index is 1.46. The Morgan fingerprint density at radius 1 is 1.52 bits per heavy atom. The SMILES string of the molecule is Cc1nccn1CC1(CNC(=O)C[C@H]2CCCN2C)CC1. The molecule has 2 heterocycles. The standard InChI is InChI=1S/C16H26N4O/c1-13-17-7-9-20(13)12-16(5-6-16)11-18-15(21)10-14-4-3-8-19(14)2/h7,9,14H,3-6,8,10-12H2,1-2H3,(H,18,21)/t14-/m1/s1.